The van der Waals surface area contributed by atoms with Gasteiger partial charge in [0.15, 0.2) is 0 Å². The van der Waals surface area contributed by atoms with Crippen molar-refractivity contribution in [2.75, 3.05) is 7.11 Å². The van der Waals surface area contributed by atoms with Gasteiger partial charge in [-0.05, 0) is 18.2 Å². The summed E-state index contributed by atoms with van der Waals surface area (Å²) in [5.41, 5.74) is 0.647. The number of carboxylic acids is 1. The van der Waals surface area contributed by atoms with Crippen molar-refractivity contribution >= 4 is 16.0 Å². The van der Waals surface area contributed by atoms with Crippen LogP contribution >= 0.6 is 0 Å². The molecule has 0 radical (unpaired) electrons. The second-order valence-corrected chi connectivity index (χ2v) is 5.76. The second kappa shape index (κ2) is 5.98. The molecule has 2 N–H and O–H groups in total. The number of aromatic carboxylic acids is 1. The molecule has 0 aliphatic rings. The molecule has 0 spiro atoms. The fourth-order valence-electron chi connectivity index (χ4n) is 1.67. The molecule has 21 heavy (non-hydrogen) atoms. The van der Waals surface area contributed by atoms with Crippen molar-refractivity contribution < 1.29 is 27.5 Å². The molecule has 2 aromatic rings. The number of carboxylic acid groups (broad SMARTS) is 1. The van der Waals surface area contributed by atoms with Crippen molar-refractivity contribution in [2.24, 2.45) is 0 Å². The Morgan fingerprint density at radius 1 is 1.29 bits per heavy atom. The Hall–Kier alpha value is -2.32. The maximum absolute atomic E-state index is 12.0. The highest BCUT2D eigenvalue weighted by molar-refractivity contribution is 7.89. The number of furan rings is 1. The lowest BCUT2D eigenvalue weighted by atomic mass is 10.2. The van der Waals surface area contributed by atoms with Crippen LogP contribution in [-0.2, 0) is 16.6 Å². The van der Waals surface area contributed by atoms with Crippen LogP contribution in [0.4, 0.5) is 0 Å². The molecule has 0 aliphatic heterocycles. The maximum Gasteiger partial charge on any atom is 0.371 e. The van der Waals surface area contributed by atoms with Crippen LogP contribution in [0.25, 0.3) is 0 Å². The van der Waals surface area contributed by atoms with Crippen LogP contribution < -0.4 is 9.46 Å². The largest absolute Gasteiger partial charge is 0.496 e. The van der Waals surface area contributed by atoms with E-state index >= 15 is 0 Å². The fraction of sp³-hybridized carbons (Fsp3) is 0.154. The van der Waals surface area contributed by atoms with Crippen LogP contribution in [0.1, 0.15) is 16.1 Å². The van der Waals surface area contributed by atoms with E-state index < -0.39 is 26.8 Å². The Labute approximate surface area is 121 Å². The Morgan fingerprint density at radius 2 is 2.00 bits per heavy atom. The minimum Gasteiger partial charge on any atom is -0.496 e. The zero-order chi connectivity index (χ0) is 15.5. The lowest BCUT2D eigenvalue weighted by molar-refractivity contribution is 0.0656. The molecule has 0 unspecified atom stereocenters. The van der Waals surface area contributed by atoms with E-state index in [1.54, 1.807) is 24.3 Å². The first-order valence-corrected chi connectivity index (χ1v) is 7.37. The third kappa shape index (κ3) is 3.41. The van der Waals surface area contributed by atoms with E-state index in [1.165, 1.54) is 7.11 Å². The lowest BCUT2D eigenvalue weighted by Gasteiger charge is -2.08. The smallest absolute Gasteiger partial charge is 0.371 e. The summed E-state index contributed by atoms with van der Waals surface area (Å²) in [6, 6.07) is 9.11. The zero-order valence-corrected chi connectivity index (χ0v) is 11.9. The number of hydrogen-bond donors (Lipinski definition) is 2. The highest BCUT2D eigenvalue weighted by atomic mass is 32.2. The normalized spacial score (nSPS) is 11.3. The van der Waals surface area contributed by atoms with Crippen LogP contribution in [0.5, 0.6) is 5.75 Å². The average molecular weight is 311 g/mol. The molecule has 1 aromatic heterocycles. The first-order valence-electron chi connectivity index (χ1n) is 5.89. The number of para-hydroxylation sites is 1. The number of hydrogen-bond acceptors (Lipinski definition) is 5. The van der Waals surface area contributed by atoms with Crippen molar-refractivity contribution in [3.05, 3.63) is 47.7 Å². The van der Waals surface area contributed by atoms with E-state index in [9.17, 15) is 13.2 Å². The van der Waals surface area contributed by atoms with Gasteiger partial charge in [-0.25, -0.2) is 17.9 Å². The van der Waals surface area contributed by atoms with Gasteiger partial charge in [-0.15, -0.1) is 0 Å². The SMILES string of the molecule is COc1ccccc1CNS(=O)(=O)c1ccc(C(=O)O)o1. The zero-order valence-electron chi connectivity index (χ0n) is 11.1. The highest BCUT2D eigenvalue weighted by Crippen LogP contribution is 2.19. The molecule has 7 nitrogen and oxygen atoms in total. The number of rotatable bonds is 6. The number of benzene rings is 1. The van der Waals surface area contributed by atoms with Crippen LogP contribution in [0.15, 0.2) is 45.9 Å². The third-order valence-electron chi connectivity index (χ3n) is 2.70. The van der Waals surface area contributed by atoms with Crippen molar-refractivity contribution in [2.45, 2.75) is 11.6 Å². The number of methoxy groups -OCH3 is 1. The molecule has 2 rings (SSSR count). The third-order valence-corrected chi connectivity index (χ3v) is 3.98. The van der Waals surface area contributed by atoms with Crippen molar-refractivity contribution in [1.29, 1.82) is 0 Å². The van der Waals surface area contributed by atoms with Crippen molar-refractivity contribution in [3.8, 4) is 5.75 Å². The van der Waals surface area contributed by atoms with Gasteiger partial charge in [0.2, 0.25) is 10.9 Å². The summed E-state index contributed by atoms with van der Waals surface area (Å²) in [6.45, 7) is -0.00451. The average Bonchev–Trinajstić information content (AvgIpc) is 2.96. The molecule has 0 saturated carbocycles. The fourth-order valence-corrected chi connectivity index (χ4v) is 2.61. The molecule has 1 heterocycles. The molecule has 0 bridgehead atoms. The van der Waals surface area contributed by atoms with Gasteiger partial charge in [-0.3, -0.25) is 0 Å². The summed E-state index contributed by atoms with van der Waals surface area (Å²) in [5, 5.41) is 8.27. The standard InChI is InChI=1S/C13H13NO6S/c1-19-10-5-3-2-4-9(10)8-14-21(17,18)12-7-6-11(20-12)13(15)16/h2-7,14H,8H2,1H3,(H,15,16). The van der Waals surface area contributed by atoms with E-state index in [-0.39, 0.29) is 6.54 Å². The molecule has 0 saturated heterocycles. The van der Waals surface area contributed by atoms with E-state index in [0.717, 1.165) is 12.1 Å². The molecular formula is C13H13NO6S. The van der Waals surface area contributed by atoms with E-state index in [1.807, 2.05) is 0 Å². The second-order valence-electron chi connectivity index (χ2n) is 4.06. The Balaban J connectivity index is 2.16. The minimum absolute atomic E-state index is 0.00451. The highest BCUT2D eigenvalue weighted by Gasteiger charge is 2.21. The summed E-state index contributed by atoms with van der Waals surface area (Å²) in [5.74, 6) is -1.22. The van der Waals surface area contributed by atoms with E-state index in [4.69, 9.17) is 14.3 Å². The monoisotopic (exact) mass is 311 g/mol. The summed E-state index contributed by atoms with van der Waals surface area (Å²) >= 11 is 0. The van der Waals surface area contributed by atoms with E-state index in [0.29, 0.717) is 11.3 Å². The molecule has 112 valence electrons. The van der Waals surface area contributed by atoms with Gasteiger partial charge in [0, 0.05) is 12.1 Å². The molecule has 0 aliphatic carbocycles. The van der Waals surface area contributed by atoms with Gasteiger partial charge in [-0.2, -0.15) is 0 Å². The predicted octanol–water partition coefficient (Wildman–Crippen LogP) is 1.46. The number of sulfonamides is 1. The topological polar surface area (TPSA) is 106 Å². The van der Waals surface area contributed by atoms with Gasteiger partial charge >= 0.3 is 5.97 Å². The Bertz CT molecular complexity index is 750. The molecule has 0 atom stereocenters. The number of ether oxygens (including phenoxy) is 1. The first kappa shape index (κ1) is 15.1. The van der Waals surface area contributed by atoms with Gasteiger partial charge < -0.3 is 14.3 Å². The summed E-state index contributed by atoms with van der Waals surface area (Å²) in [6.07, 6.45) is 0. The quantitative estimate of drug-likeness (QED) is 0.836. The minimum atomic E-state index is -3.93. The molecule has 0 amide bonds. The molecular weight excluding hydrogens is 298 g/mol. The molecule has 0 fully saturated rings. The van der Waals surface area contributed by atoms with Crippen molar-refractivity contribution in [3.63, 3.8) is 0 Å². The summed E-state index contributed by atoms with van der Waals surface area (Å²) < 4.78 is 36.2. The van der Waals surface area contributed by atoms with Gasteiger partial charge in [0.25, 0.3) is 10.0 Å². The van der Waals surface area contributed by atoms with Gasteiger partial charge in [0.1, 0.15) is 5.75 Å². The molecule has 1 aromatic carbocycles. The predicted molar refractivity (Wildman–Crippen MR) is 72.7 cm³/mol. The van der Waals surface area contributed by atoms with Crippen LogP contribution in [0, 0.1) is 0 Å². The summed E-state index contributed by atoms with van der Waals surface area (Å²) in [4.78, 5) is 10.7. The van der Waals surface area contributed by atoms with Crippen LogP contribution in [0.3, 0.4) is 0 Å². The number of nitrogens with one attached hydrogen (secondary N) is 1. The lowest BCUT2D eigenvalue weighted by Crippen LogP contribution is -2.23. The van der Waals surface area contributed by atoms with Crippen LogP contribution in [0.2, 0.25) is 0 Å². The van der Waals surface area contributed by atoms with E-state index in [2.05, 4.69) is 4.72 Å². The van der Waals surface area contributed by atoms with Crippen molar-refractivity contribution in [1.82, 2.24) is 4.72 Å². The Kier molecular flexibility index (Phi) is 4.29. The van der Waals surface area contributed by atoms with Gasteiger partial charge in [0.05, 0.1) is 7.11 Å². The molecule has 8 heteroatoms. The summed E-state index contributed by atoms with van der Waals surface area (Å²) in [7, 11) is -2.45. The van der Waals surface area contributed by atoms with Crippen LogP contribution in [-0.4, -0.2) is 26.6 Å². The Morgan fingerprint density at radius 3 is 2.62 bits per heavy atom. The first-order chi connectivity index (χ1) is 9.94. The maximum atomic E-state index is 12.0. The van der Waals surface area contributed by atoms with Gasteiger partial charge in [-0.1, -0.05) is 18.2 Å². The number of carbonyl (C=O) groups is 1.